The molecular formula is C30H28FN5O. The number of benzene rings is 3. The molecule has 3 aromatic carbocycles. The van der Waals surface area contributed by atoms with Crippen LogP contribution < -0.4 is 10.9 Å². The minimum atomic E-state index is -0.359. The molecule has 186 valence electrons. The lowest BCUT2D eigenvalue weighted by Gasteiger charge is -2.45. The highest BCUT2D eigenvalue weighted by atomic mass is 19.1. The summed E-state index contributed by atoms with van der Waals surface area (Å²) in [4.78, 5) is 27.1. The Balaban J connectivity index is 1.48. The number of para-hydroxylation sites is 2. The standard InChI is InChI=1S/C30H28FN5O/c1-17-6-2-3-7-19(17)20-14-21-25(15-22(20)31)35-30(37)27(29-33-23-8-4-5-9-24(23)34-29)28(21)32-26-16-36-12-10-18(26)11-13-36/h2-9,14-15,18,26H,10-13,16H2,1H3,(H,33,34)(H2,32,35,37)/t26-/m1/s1. The van der Waals surface area contributed by atoms with E-state index >= 15 is 4.39 Å². The number of aryl methyl sites for hydroxylation is 1. The maximum absolute atomic E-state index is 15.4. The number of pyridine rings is 1. The van der Waals surface area contributed by atoms with Crippen LogP contribution in [0.25, 0.3) is 44.5 Å². The number of hydrogen-bond donors (Lipinski definition) is 3. The first-order chi connectivity index (χ1) is 18.0. The molecule has 0 spiro atoms. The summed E-state index contributed by atoms with van der Waals surface area (Å²) in [6, 6.07) is 19.1. The molecule has 0 aliphatic carbocycles. The van der Waals surface area contributed by atoms with Gasteiger partial charge in [-0.25, -0.2) is 9.37 Å². The molecule has 3 N–H and O–H groups in total. The number of piperidine rings is 3. The van der Waals surface area contributed by atoms with Crippen molar-refractivity contribution < 1.29 is 4.39 Å². The van der Waals surface area contributed by atoms with Gasteiger partial charge in [-0.05, 0) is 74.2 Å². The van der Waals surface area contributed by atoms with Crippen LogP contribution in [0.5, 0.6) is 0 Å². The van der Waals surface area contributed by atoms with Crippen LogP contribution in [-0.2, 0) is 0 Å². The van der Waals surface area contributed by atoms with E-state index in [4.69, 9.17) is 4.98 Å². The summed E-state index contributed by atoms with van der Waals surface area (Å²) in [6.45, 7) is 5.17. The van der Waals surface area contributed by atoms with Gasteiger partial charge < -0.3 is 20.2 Å². The monoisotopic (exact) mass is 493 g/mol. The van der Waals surface area contributed by atoms with Crippen LogP contribution in [0.15, 0.2) is 65.5 Å². The molecule has 3 saturated heterocycles. The van der Waals surface area contributed by atoms with E-state index in [0.29, 0.717) is 34.1 Å². The van der Waals surface area contributed by atoms with E-state index in [1.165, 1.54) is 6.07 Å². The van der Waals surface area contributed by atoms with E-state index in [0.717, 1.165) is 60.0 Å². The molecule has 3 aliphatic rings. The number of halogens is 1. The lowest BCUT2D eigenvalue weighted by atomic mass is 9.83. The van der Waals surface area contributed by atoms with Gasteiger partial charge in [0.25, 0.3) is 5.56 Å². The highest BCUT2D eigenvalue weighted by Crippen LogP contribution is 2.38. The maximum Gasteiger partial charge on any atom is 0.261 e. The van der Waals surface area contributed by atoms with Gasteiger partial charge in [-0.1, -0.05) is 36.4 Å². The smallest absolute Gasteiger partial charge is 0.261 e. The van der Waals surface area contributed by atoms with Crippen molar-refractivity contribution in [1.82, 2.24) is 19.9 Å². The van der Waals surface area contributed by atoms with Crippen molar-refractivity contribution in [3.63, 3.8) is 0 Å². The number of nitrogens with one attached hydrogen (secondary N) is 3. The Morgan fingerprint density at radius 2 is 1.76 bits per heavy atom. The number of aromatic amines is 2. The summed E-state index contributed by atoms with van der Waals surface area (Å²) < 4.78 is 15.4. The molecule has 2 bridgehead atoms. The minimum absolute atomic E-state index is 0.211. The molecule has 37 heavy (non-hydrogen) atoms. The van der Waals surface area contributed by atoms with Gasteiger partial charge in [0.2, 0.25) is 0 Å². The number of nitrogens with zero attached hydrogens (tertiary/aromatic N) is 2. The lowest BCUT2D eigenvalue weighted by molar-refractivity contribution is 0.0976. The second-order valence-electron chi connectivity index (χ2n) is 10.4. The van der Waals surface area contributed by atoms with Gasteiger partial charge in [-0.2, -0.15) is 0 Å². The number of imidazole rings is 1. The van der Waals surface area contributed by atoms with E-state index in [-0.39, 0.29) is 17.4 Å². The van der Waals surface area contributed by atoms with Crippen molar-refractivity contribution in [3.8, 4) is 22.5 Å². The summed E-state index contributed by atoms with van der Waals surface area (Å²) in [7, 11) is 0. The molecule has 1 atom stereocenters. The second kappa shape index (κ2) is 8.56. The fourth-order valence-corrected chi connectivity index (χ4v) is 6.16. The molecular weight excluding hydrogens is 465 g/mol. The van der Waals surface area contributed by atoms with Gasteiger partial charge in [0.05, 0.1) is 22.2 Å². The number of H-pyrrole nitrogens is 2. The highest BCUT2D eigenvalue weighted by Gasteiger charge is 2.35. The Morgan fingerprint density at radius 3 is 2.51 bits per heavy atom. The maximum atomic E-state index is 15.4. The zero-order valence-corrected chi connectivity index (χ0v) is 20.6. The molecule has 3 fully saturated rings. The molecule has 0 saturated carbocycles. The molecule has 6 nitrogen and oxygen atoms in total. The number of anilines is 1. The van der Waals surface area contributed by atoms with Crippen molar-refractivity contribution in [2.24, 2.45) is 5.92 Å². The Hall–Kier alpha value is -3.97. The SMILES string of the molecule is Cc1ccccc1-c1cc2c(N[C@@H]3CN4CCC3CC4)c(-c3nc4ccccc4[nH]3)c(=O)[nH]c2cc1F. The van der Waals surface area contributed by atoms with E-state index < -0.39 is 0 Å². The number of aromatic nitrogens is 3. The largest absolute Gasteiger partial charge is 0.379 e. The predicted octanol–water partition coefficient (Wildman–Crippen LogP) is 5.69. The molecule has 5 aromatic rings. The summed E-state index contributed by atoms with van der Waals surface area (Å²) in [5.41, 5.74) is 5.37. The average Bonchev–Trinajstić information content (AvgIpc) is 3.33. The third-order valence-corrected chi connectivity index (χ3v) is 8.15. The first kappa shape index (κ1) is 22.2. The normalized spacial score (nSPS) is 21.1. The summed E-state index contributed by atoms with van der Waals surface area (Å²) >= 11 is 0. The number of fused-ring (bicyclic) bond motifs is 5. The van der Waals surface area contributed by atoms with Crippen molar-refractivity contribution in [2.45, 2.75) is 25.8 Å². The quantitative estimate of drug-likeness (QED) is 0.301. The Kier molecular flexibility index (Phi) is 5.15. The van der Waals surface area contributed by atoms with Crippen LogP contribution in [0.2, 0.25) is 0 Å². The summed E-state index contributed by atoms with van der Waals surface area (Å²) in [5.74, 6) is 0.691. The molecule has 7 heteroatoms. The molecule has 2 aromatic heterocycles. The summed E-state index contributed by atoms with van der Waals surface area (Å²) in [6.07, 6.45) is 2.28. The van der Waals surface area contributed by atoms with Gasteiger partial charge >= 0.3 is 0 Å². The van der Waals surface area contributed by atoms with Gasteiger partial charge in [-0.15, -0.1) is 0 Å². The first-order valence-electron chi connectivity index (χ1n) is 12.9. The van der Waals surface area contributed by atoms with Crippen molar-refractivity contribution in [3.05, 3.63) is 82.4 Å². The Morgan fingerprint density at radius 1 is 0.973 bits per heavy atom. The lowest BCUT2D eigenvalue weighted by Crippen LogP contribution is -2.53. The first-order valence-corrected chi connectivity index (χ1v) is 12.9. The molecule has 8 rings (SSSR count). The van der Waals surface area contributed by atoms with Crippen LogP contribution in [0, 0.1) is 18.7 Å². The van der Waals surface area contributed by atoms with Crippen LogP contribution in [0.1, 0.15) is 18.4 Å². The average molecular weight is 494 g/mol. The van der Waals surface area contributed by atoms with E-state index in [9.17, 15) is 4.79 Å². The van der Waals surface area contributed by atoms with Crippen LogP contribution in [0.3, 0.4) is 0 Å². The summed E-state index contributed by atoms with van der Waals surface area (Å²) in [5, 5.41) is 4.56. The number of hydrogen-bond acceptors (Lipinski definition) is 4. The Labute approximate surface area is 213 Å². The predicted molar refractivity (Wildman–Crippen MR) is 146 cm³/mol. The minimum Gasteiger partial charge on any atom is -0.379 e. The molecule has 0 unspecified atom stereocenters. The van der Waals surface area contributed by atoms with Gasteiger partial charge in [0, 0.05) is 23.5 Å². The number of rotatable bonds is 4. The third-order valence-electron chi connectivity index (χ3n) is 8.15. The van der Waals surface area contributed by atoms with E-state index in [2.05, 4.69) is 20.2 Å². The molecule has 3 aliphatic heterocycles. The van der Waals surface area contributed by atoms with Gasteiger partial charge in [-0.3, -0.25) is 4.79 Å². The van der Waals surface area contributed by atoms with Crippen molar-refractivity contribution in [2.75, 3.05) is 25.0 Å². The van der Waals surface area contributed by atoms with Crippen LogP contribution >= 0.6 is 0 Å². The van der Waals surface area contributed by atoms with Gasteiger partial charge in [0.15, 0.2) is 0 Å². The zero-order valence-electron chi connectivity index (χ0n) is 20.6. The van der Waals surface area contributed by atoms with Crippen molar-refractivity contribution >= 4 is 27.6 Å². The fraction of sp³-hybridized carbons (Fsp3) is 0.267. The fourth-order valence-electron chi connectivity index (χ4n) is 6.16. The molecule has 0 radical (unpaired) electrons. The molecule has 5 heterocycles. The van der Waals surface area contributed by atoms with Crippen LogP contribution in [0.4, 0.5) is 10.1 Å². The third kappa shape index (κ3) is 3.73. The topological polar surface area (TPSA) is 76.8 Å². The van der Waals surface area contributed by atoms with Crippen LogP contribution in [-0.4, -0.2) is 45.5 Å². The van der Waals surface area contributed by atoms with E-state index in [1.807, 2.05) is 61.5 Å². The second-order valence-corrected chi connectivity index (χ2v) is 10.4. The Bertz CT molecular complexity index is 1680. The van der Waals surface area contributed by atoms with Gasteiger partial charge in [0.1, 0.15) is 17.2 Å². The van der Waals surface area contributed by atoms with Crippen molar-refractivity contribution in [1.29, 1.82) is 0 Å². The highest BCUT2D eigenvalue weighted by molar-refractivity contribution is 6.01. The molecule has 0 amide bonds. The van der Waals surface area contributed by atoms with E-state index in [1.54, 1.807) is 0 Å². The zero-order chi connectivity index (χ0) is 25.1.